The summed E-state index contributed by atoms with van der Waals surface area (Å²) >= 11 is 0. The second-order valence-electron chi connectivity index (χ2n) is 1.11. The lowest BCUT2D eigenvalue weighted by Crippen LogP contribution is -2.32. The minimum Gasteiger partial charge on any atom is -0.292 e. The van der Waals surface area contributed by atoms with Crippen molar-refractivity contribution in [3.63, 3.8) is 0 Å². The van der Waals surface area contributed by atoms with E-state index in [-0.39, 0.29) is 5.91 Å². The van der Waals surface area contributed by atoms with Gasteiger partial charge in [0, 0.05) is 13.5 Å². The molecule has 0 aliphatic carbocycles. The highest BCUT2D eigenvalue weighted by molar-refractivity contribution is 5.72. The Balaban J connectivity index is 2.82. The molecule has 0 bridgehead atoms. The molecule has 0 rings (SSSR count). The van der Waals surface area contributed by atoms with E-state index < -0.39 is 0 Å². The van der Waals surface area contributed by atoms with E-state index in [4.69, 9.17) is 0 Å². The highest BCUT2D eigenvalue weighted by atomic mass is 16.2. The Morgan fingerprint density at radius 2 is 2.29 bits per heavy atom. The first-order valence-corrected chi connectivity index (χ1v) is 2.07. The molecule has 0 aliphatic rings. The summed E-state index contributed by atoms with van der Waals surface area (Å²) in [6, 6.07) is 0. The molecule has 3 heteroatoms. The van der Waals surface area contributed by atoms with Gasteiger partial charge in [0.25, 0.3) is 0 Å². The molecular weight excluding hydrogens is 92.1 g/mol. The fraction of sp³-hybridized carbons (Fsp3) is 0.500. The zero-order valence-electron chi connectivity index (χ0n) is 4.49. The predicted molar refractivity (Wildman–Crippen MR) is 26.9 cm³/mol. The summed E-state index contributed by atoms with van der Waals surface area (Å²) in [5, 5.41) is 0. The lowest BCUT2D eigenvalue weighted by atomic mass is 10.7. The summed E-state index contributed by atoms with van der Waals surface area (Å²) in [7, 11) is 0. The fourth-order valence-corrected chi connectivity index (χ4v) is 0.174. The van der Waals surface area contributed by atoms with Crippen LogP contribution >= 0.6 is 0 Å². The molecule has 3 nitrogen and oxygen atoms in total. The molecule has 0 aliphatic heterocycles. The first kappa shape index (κ1) is 6.43. The van der Waals surface area contributed by atoms with Gasteiger partial charge in [-0.2, -0.15) is 0 Å². The van der Waals surface area contributed by atoms with E-state index in [1.54, 1.807) is 13.5 Å². The van der Waals surface area contributed by atoms with Gasteiger partial charge >= 0.3 is 0 Å². The van der Waals surface area contributed by atoms with Crippen molar-refractivity contribution in [3.8, 4) is 0 Å². The van der Waals surface area contributed by atoms with Crippen LogP contribution in [0.2, 0.25) is 0 Å². The van der Waals surface area contributed by atoms with Crippen LogP contribution in [0.5, 0.6) is 0 Å². The number of carbonyl (C=O) groups is 1. The molecule has 0 aromatic heterocycles. The van der Waals surface area contributed by atoms with Crippen LogP contribution in [0.3, 0.4) is 0 Å². The average molecular weight is 101 g/mol. The van der Waals surface area contributed by atoms with Crippen LogP contribution in [-0.2, 0) is 4.79 Å². The van der Waals surface area contributed by atoms with Crippen LogP contribution < -0.4 is 10.9 Å². The van der Waals surface area contributed by atoms with E-state index in [9.17, 15) is 4.79 Å². The molecule has 0 unspecified atom stereocenters. The Kier molecular flexibility index (Phi) is 3.32. The van der Waals surface area contributed by atoms with Gasteiger partial charge in [0.1, 0.15) is 0 Å². The first-order valence-electron chi connectivity index (χ1n) is 2.07. The second-order valence-corrected chi connectivity index (χ2v) is 1.11. The lowest BCUT2D eigenvalue weighted by molar-refractivity contribution is -0.119. The molecule has 0 aromatic carbocycles. The van der Waals surface area contributed by atoms with Gasteiger partial charge in [0.15, 0.2) is 0 Å². The summed E-state index contributed by atoms with van der Waals surface area (Å²) < 4.78 is 0. The zero-order valence-corrected chi connectivity index (χ0v) is 4.49. The standard InChI is InChI=1S/C4H9N2O/c1-3-5-6-4(2)7/h3,5H,1-2H3,(H,6,7). The summed E-state index contributed by atoms with van der Waals surface area (Å²) in [5.74, 6) is -0.0851. The van der Waals surface area contributed by atoms with Crippen molar-refractivity contribution >= 4 is 5.91 Å². The molecule has 1 amide bonds. The number of hydrogen-bond donors (Lipinski definition) is 2. The quantitative estimate of drug-likeness (QED) is 0.473. The summed E-state index contributed by atoms with van der Waals surface area (Å²) in [5.41, 5.74) is 4.87. The maximum Gasteiger partial charge on any atom is 0.230 e. The van der Waals surface area contributed by atoms with Crippen LogP contribution in [0.15, 0.2) is 0 Å². The Labute approximate surface area is 43.1 Å². The minimum atomic E-state index is -0.0851. The van der Waals surface area contributed by atoms with E-state index in [0.717, 1.165) is 0 Å². The van der Waals surface area contributed by atoms with Crippen molar-refractivity contribution in [1.29, 1.82) is 0 Å². The maximum atomic E-state index is 10.0. The molecule has 0 saturated carbocycles. The van der Waals surface area contributed by atoms with Gasteiger partial charge in [-0.25, -0.2) is 5.43 Å². The normalized spacial score (nSPS) is 8.29. The van der Waals surface area contributed by atoms with Crippen LogP contribution in [0, 0.1) is 6.54 Å². The lowest BCUT2D eigenvalue weighted by Gasteiger charge is -1.96. The van der Waals surface area contributed by atoms with Crippen molar-refractivity contribution in [2.45, 2.75) is 13.8 Å². The number of amides is 1. The third-order valence-corrected chi connectivity index (χ3v) is 0.393. The van der Waals surface area contributed by atoms with E-state index in [0.29, 0.717) is 0 Å². The van der Waals surface area contributed by atoms with Gasteiger partial charge in [0.05, 0.1) is 0 Å². The van der Waals surface area contributed by atoms with Crippen LogP contribution in [0.4, 0.5) is 0 Å². The minimum absolute atomic E-state index is 0.0851. The Morgan fingerprint density at radius 3 is 2.43 bits per heavy atom. The van der Waals surface area contributed by atoms with Crippen LogP contribution in [0.1, 0.15) is 13.8 Å². The highest BCUT2D eigenvalue weighted by Gasteiger charge is 1.81. The molecule has 0 saturated heterocycles. The zero-order chi connectivity index (χ0) is 5.70. The molecule has 2 N–H and O–H groups in total. The molecular formula is C4H9N2O. The fourth-order valence-electron chi connectivity index (χ4n) is 0.174. The number of hydrogen-bond acceptors (Lipinski definition) is 2. The number of nitrogens with one attached hydrogen (secondary N) is 2. The van der Waals surface area contributed by atoms with Gasteiger partial charge in [-0.3, -0.25) is 10.2 Å². The van der Waals surface area contributed by atoms with E-state index >= 15 is 0 Å². The molecule has 0 heterocycles. The molecule has 0 atom stereocenters. The Bertz CT molecular complexity index is 62.7. The van der Waals surface area contributed by atoms with Crippen molar-refractivity contribution in [2.24, 2.45) is 0 Å². The molecule has 7 heavy (non-hydrogen) atoms. The summed E-state index contributed by atoms with van der Waals surface area (Å²) in [4.78, 5) is 10.0. The topological polar surface area (TPSA) is 41.1 Å². The first-order chi connectivity index (χ1) is 3.27. The smallest absolute Gasteiger partial charge is 0.230 e. The largest absolute Gasteiger partial charge is 0.292 e. The van der Waals surface area contributed by atoms with Gasteiger partial charge < -0.3 is 0 Å². The number of rotatable bonds is 2. The van der Waals surface area contributed by atoms with Gasteiger partial charge in [-0.05, 0) is 6.92 Å². The van der Waals surface area contributed by atoms with E-state index in [1.165, 1.54) is 6.92 Å². The number of carbonyl (C=O) groups excluding carboxylic acids is 1. The van der Waals surface area contributed by atoms with Crippen molar-refractivity contribution in [1.82, 2.24) is 10.9 Å². The predicted octanol–water partition coefficient (Wildman–Crippen LogP) is -0.191. The van der Waals surface area contributed by atoms with Crippen LogP contribution in [-0.4, -0.2) is 5.91 Å². The highest BCUT2D eigenvalue weighted by Crippen LogP contribution is 1.56. The maximum absolute atomic E-state index is 10.0. The number of hydrazine groups is 1. The van der Waals surface area contributed by atoms with E-state index in [1.807, 2.05) is 0 Å². The van der Waals surface area contributed by atoms with Gasteiger partial charge in [-0.1, -0.05) is 0 Å². The molecule has 0 spiro atoms. The summed E-state index contributed by atoms with van der Waals surface area (Å²) in [6.07, 6.45) is 0. The molecule has 1 radical (unpaired) electrons. The van der Waals surface area contributed by atoms with Gasteiger partial charge in [0.2, 0.25) is 5.91 Å². The third kappa shape index (κ3) is 5.43. The van der Waals surface area contributed by atoms with Crippen molar-refractivity contribution in [2.75, 3.05) is 0 Å². The molecule has 41 valence electrons. The van der Waals surface area contributed by atoms with Gasteiger partial charge in [-0.15, -0.1) is 0 Å². The monoisotopic (exact) mass is 101 g/mol. The summed E-state index contributed by atoms with van der Waals surface area (Å²) in [6.45, 7) is 4.87. The SMILES string of the molecule is C[CH]NNC(C)=O. The van der Waals surface area contributed by atoms with E-state index in [2.05, 4.69) is 10.9 Å². The van der Waals surface area contributed by atoms with Crippen molar-refractivity contribution in [3.05, 3.63) is 6.54 Å². The Morgan fingerprint density at radius 1 is 1.71 bits per heavy atom. The molecule has 0 aromatic rings. The second kappa shape index (κ2) is 3.61. The average Bonchev–Trinajstić information content (AvgIpc) is 1.61. The van der Waals surface area contributed by atoms with Crippen LogP contribution in [0.25, 0.3) is 0 Å². The Hall–Kier alpha value is -0.570. The third-order valence-electron chi connectivity index (χ3n) is 0.393. The van der Waals surface area contributed by atoms with Crippen molar-refractivity contribution < 1.29 is 4.79 Å². The molecule has 0 fully saturated rings.